The first kappa shape index (κ1) is 17.4. The van der Waals surface area contributed by atoms with Gasteiger partial charge in [0.2, 0.25) is 11.8 Å². The number of benzene rings is 1. The van der Waals surface area contributed by atoms with Gasteiger partial charge < -0.3 is 4.90 Å². The summed E-state index contributed by atoms with van der Waals surface area (Å²) in [6.45, 7) is 5.36. The molecule has 2 aliphatic heterocycles. The molecule has 138 valence electrons. The summed E-state index contributed by atoms with van der Waals surface area (Å²) in [5.41, 5.74) is 1.37. The molecule has 5 nitrogen and oxygen atoms in total. The Bertz CT molecular complexity index is 654. The normalized spacial score (nSPS) is 27.2. The third kappa shape index (κ3) is 3.60. The number of allylic oxidation sites excluding steroid dienone is 2. The van der Waals surface area contributed by atoms with E-state index in [-0.39, 0.29) is 23.7 Å². The number of imide groups is 1. The van der Waals surface area contributed by atoms with Crippen molar-refractivity contribution >= 4 is 11.8 Å². The maximum absolute atomic E-state index is 12.6. The molecule has 0 bridgehead atoms. The molecule has 0 radical (unpaired) electrons. The number of amides is 2. The van der Waals surface area contributed by atoms with Crippen molar-refractivity contribution < 1.29 is 9.59 Å². The maximum Gasteiger partial charge on any atom is 0.234 e. The summed E-state index contributed by atoms with van der Waals surface area (Å²) in [5, 5.41) is 0. The van der Waals surface area contributed by atoms with Gasteiger partial charge in [-0.1, -0.05) is 42.5 Å². The fourth-order valence-corrected chi connectivity index (χ4v) is 4.29. The summed E-state index contributed by atoms with van der Waals surface area (Å²) in [5.74, 6) is -0.147. The minimum Gasteiger partial charge on any atom is -0.300 e. The molecule has 1 aliphatic carbocycles. The Morgan fingerprint density at radius 1 is 0.808 bits per heavy atom. The zero-order valence-electron chi connectivity index (χ0n) is 15.2. The highest BCUT2D eigenvalue weighted by Crippen LogP contribution is 2.35. The molecule has 0 N–H and O–H groups in total. The number of carbonyl (C=O) groups excluding carboxylic acids is 2. The lowest BCUT2D eigenvalue weighted by atomic mass is 9.85. The van der Waals surface area contributed by atoms with E-state index in [1.807, 2.05) is 12.2 Å². The van der Waals surface area contributed by atoms with Crippen LogP contribution in [0, 0.1) is 11.8 Å². The third-order valence-electron chi connectivity index (χ3n) is 5.96. The van der Waals surface area contributed by atoms with E-state index in [0.29, 0.717) is 6.67 Å². The van der Waals surface area contributed by atoms with Crippen molar-refractivity contribution in [1.29, 1.82) is 0 Å². The van der Waals surface area contributed by atoms with Gasteiger partial charge in [-0.2, -0.15) is 0 Å². The van der Waals surface area contributed by atoms with E-state index in [0.717, 1.165) is 52.0 Å². The van der Waals surface area contributed by atoms with Crippen LogP contribution in [-0.4, -0.2) is 65.9 Å². The zero-order chi connectivity index (χ0) is 17.9. The number of hydrogen-bond donors (Lipinski definition) is 0. The zero-order valence-corrected chi connectivity index (χ0v) is 15.2. The van der Waals surface area contributed by atoms with Crippen molar-refractivity contribution in [2.45, 2.75) is 19.3 Å². The molecule has 1 aromatic rings. The van der Waals surface area contributed by atoms with Crippen molar-refractivity contribution in [3.05, 3.63) is 48.0 Å². The number of likely N-dealkylation sites (tertiary alicyclic amines) is 1. The Hall–Kier alpha value is -1.98. The van der Waals surface area contributed by atoms with Crippen LogP contribution >= 0.6 is 0 Å². The molecule has 2 heterocycles. The molecule has 2 saturated heterocycles. The SMILES string of the molecule is O=C1[C@H]2CC=CC[C@@H]2C(=O)N1CN1CCN(CCc2ccccc2)CC1. The predicted octanol–water partition coefficient (Wildman–Crippen LogP) is 1.76. The second kappa shape index (κ2) is 7.72. The van der Waals surface area contributed by atoms with Crippen LogP contribution in [-0.2, 0) is 16.0 Å². The first-order chi connectivity index (χ1) is 12.7. The second-order valence-electron chi connectivity index (χ2n) is 7.60. The van der Waals surface area contributed by atoms with Crippen LogP contribution in [0.3, 0.4) is 0 Å². The monoisotopic (exact) mass is 353 g/mol. The predicted molar refractivity (Wildman–Crippen MR) is 100 cm³/mol. The minimum absolute atomic E-state index is 0.0378. The Labute approximate surface area is 155 Å². The smallest absolute Gasteiger partial charge is 0.234 e. The van der Waals surface area contributed by atoms with Crippen LogP contribution in [0.5, 0.6) is 0 Å². The Morgan fingerprint density at radius 3 is 2.00 bits per heavy atom. The van der Waals surface area contributed by atoms with Gasteiger partial charge in [-0.25, -0.2) is 0 Å². The maximum atomic E-state index is 12.6. The molecular formula is C21H27N3O2. The molecule has 0 unspecified atom stereocenters. The van der Waals surface area contributed by atoms with Crippen LogP contribution in [0.4, 0.5) is 0 Å². The first-order valence-corrected chi connectivity index (χ1v) is 9.71. The number of nitrogens with zero attached hydrogens (tertiary/aromatic N) is 3. The van der Waals surface area contributed by atoms with Crippen LogP contribution in [0.1, 0.15) is 18.4 Å². The highest BCUT2D eigenvalue weighted by molar-refractivity contribution is 6.05. The topological polar surface area (TPSA) is 43.9 Å². The Kier molecular flexibility index (Phi) is 5.18. The molecule has 2 amide bonds. The summed E-state index contributed by atoms with van der Waals surface area (Å²) in [6.07, 6.45) is 6.60. The summed E-state index contributed by atoms with van der Waals surface area (Å²) in [4.78, 5) is 31.4. The summed E-state index contributed by atoms with van der Waals surface area (Å²) >= 11 is 0. The molecule has 2 atom stereocenters. The van der Waals surface area contributed by atoms with E-state index < -0.39 is 0 Å². The van der Waals surface area contributed by atoms with E-state index >= 15 is 0 Å². The lowest BCUT2D eigenvalue weighted by molar-refractivity contribution is -0.142. The fourth-order valence-electron chi connectivity index (χ4n) is 4.29. The molecule has 0 aromatic heterocycles. The summed E-state index contributed by atoms with van der Waals surface area (Å²) in [7, 11) is 0. The fraction of sp³-hybridized carbons (Fsp3) is 0.524. The van der Waals surface area contributed by atoms with E-state index in [1.165, 1.54) is 10.5 Å². The van der Waals surface area contributed by atoms with Gasteiger partial charge in [0.05, 0.1) is 18.5 Å². The van der Waals surface area contributed by atoms with Gasteiger partial charge in [-0.15, -0.1) is 0 Å². The van der Waals surface area contributed by atoms with Crippen LogP contribution in [0.25, 0.3) is 0 Å². The van der Waals surface area contributed by atoms with Crippen molar-refractivity contribution in [1.82, 2.24) is 14.7 Å². The highest BCUT2D eigenvalue weighted by Gasteiger charge is 2.47. The van der Waals surface area contributed by atoms with Gasteiger partial charge in [0, 0.05) is 32.7 Å². The molecule has 3 aliphatic rings. The molecule has 0 spiro atoms. The Balaban J connectivity index is 1.25. The third-order valence-corrected chi connectivity index (χ3v) is 5.96. The minimum atomic E-state index is -0.111. The van der Waals surface area contributed by atoms with Gasteiger partial charge in [-0.05, 0) is 24.8 Å². The quantitative estimate of drug-likeness (QED) is 0.598. The van der Waals surface area contributed by atoms with Crippen molar-refractivity contribution in [3.63, 3.8) is 0 Å². The van der Waals surface area contributed by atoms with Gasteiger partial charge in [-0.3, -0.25) is 19.4 Å². The van der Waals surface area contributed by atoms with Crippen LogP contribution in [0.15, 0.2) is 42.5 Å². The lowest BCUT2D eigenvalue weighted by Crippen LogP contribution is -2.51. The van der Waals surface area contributed by atoms with Gasteiger partial charge in [0.1, 0.15) is 0 Å². The largest absolute Gasteiger partial charge is 0.300 e. The summed E-state index contributed by atoms with van der Waals surface area (Å²) in [6, 6.07) is 10.6. The van der Waals surface area contributed by atoms with E-state index in [1.54, 1.807) is 0 Å². The Morgan fingerprint density at radius 2 is 1.38 bits per heavy atom. The molecule has 2 fully saturated rings. The lowest BCUT2D eigenvalue weighted by Gasteiger charge is -2.36. The highest BCUT2D eigenvalue weighted by atomic mass is 16.2. The summed E-state index contributed by atoms with van der Waals surface area (Å²) < 4.78 is 0. The van der Waals surface area contributed by atoms with Gasteiger partial charge in [0.15, 0.2) is 0 Å². The molecule has 26 heavy (non-hydrogen) atoms. The molecule has 5 heteroatoms. The average molecular weight is 353 g/mol. The molecule has 0 saturated carbocycles. The van der Waals surface area contributed by atoms with Crippen LogP contribution < -0.4 is 0 Å². The van der Waals surface area contributed by atoms with Crippen molar-refractivity contribution in [2.75, 3.05) is 39.4 Å². The number of fused-ring (bicyclic) bond motifs is 1. The number of piperazine rings is 1. The van der Waals surface area contributed by atoms with Crippen LogP contribution in [0.2, 0.25) is 0 Å². The van der Waals surface area contributed by atoms with Gasteiger partial charge >= 0.3 is 0 Å². The second-order valence-corrected chi connectivity index (χ2v) is 7.60. The van der Waals surface area contributed by atoms with E-state index in [2.05, 4.69) is 40.1 Å². The van der Waals surface area contributed by atoms with Gasteiger partial charge in [0.25, 0.3) is 0 Å². The molecular weight excluding hydrogens is 326 g/mol. The van der Waals surface area contributed by atoms with Crippen molar-refractivity contribution in [3.8, 4) is 0 Å². The molecule has 1 aromatic carbocycles. The van der Waals surface area contributed by atoms with E-state index in [4.69, 9.17) is 0 Å². The standard InChI is InChI=1S/C21H27N3O2/c25-20-18-8-4-5-9-19(18)21(26)24(20)16-23-14-12-22(13-15-23)11-10-17-6-2-1-3-7-17/h1-7,18-19H,8-16H2/t18-,19-/m0/s1. The number of hydrogen-bond acceptors (Lipinski definition) is 4. The molecule has 4 rings (SSSR count). The van der Waals surface area contributed by atoms with Crippen molar-refractivity contribution in [2.24, 2.45) is 11.8 Å². The van der Waals surface area contributed by atoms with E-state index in [9.17, 15) is 9.59 Å². The first-order valence-electron chi connectivity index (χ1n) is 9.71. The average Bonchev–Trinajstić information content (AvgIpc) is 2.93. The number of carbonyl (C=O) groups is 2. The number of rotatable bonds is 5.